The summed E-state index contributed by atoms with van der Waals surface area (Å²) in [5, 5.41) is 7.05. The Morgan fingerprint density at radius 3 is 2.89 bits per heavy atom. The number of nitrogens with one attached hydrogen (secondary N) is 2. The summed E-state index contributed by atoms with van der Waals surface area (Å²) in [5.74, 6) is 0.958. The molecule has 106 valence electrons. The first-order valence-electron chi connectivity index (χ1n) is 6.89. The van der Waals surface area contributed by atoms with E-state index in [2.05, 4.69) is 47.7 Å². The van der Waals surface area contributed by atoms with Crippen LogP contribution < -0.4 is 15.4 Å². The Kier molecular flexibility index (Phi) is 4.80. The van der Waals surface area contributed by atoms with Crippen LogP contribution in [0, 0.1) is 6.92 Å². The van der Waals surface area contributed by atoms with E-state index in [-0.39, 0.29) is 6.04 Å². The van der Waals surface area contributed by atoms with Gasteiger partial charge in [0, 0.05) is 31.2 Å². The Morgan fingerprint density at radius 2 is 2.26 bits per heavy atom. The van der Waals surface area contributed by atoms with Crippen molar-refractivity contribution in [3.05, 3.63) is 29.3 Å². The third kappa shape index (κ3) is 3.26. The van der Waals surface area contributed by atoms with Gasteiger partial charge in [0.1, 0.15) is 5.75 Å². The lowest BCUT2D eigenvalue weighted by Crippen LogP contribution is -2.54. The topological polar surface area (TPSA) is 36.5 Å². The first-order chi connectivity index (χ1) is 9.15. The van der Waals surface area contributed by atoms with Crippen LogP contribution in [0.15, 0.2) is 18.2 Å². The standard InChI is InChI=1S/C15H25N3O/c1-11-5-6-14(19-4)12(9-11)15(16-2)13-10-18(3)8-7-17-13/h5-6,9,13,15-17H,7-8,10H2,1-4H3. The molecule has 0 radical (unpaired) electrons. The second-order valence-corrected chi connectivity index (χ2v) is 5.33. The lowest BCUT2D eigenvalue weighted by molar-refractivity contribution is 0.208. The zero-order valence-electron chi connectivity index (χ0n) is 12.4. The molecule has 2 unspecified atom stereocenters. The summed E-state index contributed by atoms with van der Waals surface area (Å²) >= 11 is 0. The van der Waals surface area contributed by atoms with Crippen molar-refractivity contribution in [2.75, 3.05) is 40.8 Å². The molecule has 4 nitrogen and oxygen atoms in total. The van der Waals surface area contributed by atoms with E-state index in [0.29, 0.717) is 6.04 Å². The van der Waals surface area contributed by atoms with Gasteiger partial charge in [0.2, 0.25) is 0 Å². The van der Waals surface area contributed by atoms with Gasteiger partial charge in [0.15, 0.2) is 0 Å². The normalized spacial score (nSPS) is 22.2. The first kappa shape index (κ1) is 14.3. The van der Waals surface area contributed by atoms with E-state index in [0.717, 1.165) is 25.4 Å². The van der Waals surface area contributed by atoms with Gasteiger partial charge in [0.05, 0.1) is 13.2 Å². The Hall–Kier alpha value is -1.10. The van der Waals surface area contributed by atoms with Gasteiger partial charge in [-0.1, -0.05) is 17.7 Å². The maximum Gasteiger partial charge on any atom is 0.123 e. The highest BCUT2D eigenvalue weighted by atomic mass is 16.5. The van der Waals surface area contributed by atoms with E-state index < -0.39 is 0 Å². The van der Waals surface area contributed by atoms with Crippen LogP contribution in [0.3, 0.4) is 0 Å². The number of rotatable bonds is 4. The molecule has 2 N–H and O–H groups in total. The lowest BCUT2D eigenvalue weighted by Gasteiger charge is -2.36. The Labute approximate surface area is 116 Å². The van der Waals surface area contributed by atoms with E-state index >= 15 is 0 Å². The SMILES string of the molecule is CNC(c1cc(C)ccc1OC)C1CN(C)CCN1. The fourth-order valence-electron chi connectivity index (χ4n) is 2.83. The molecule has 1 aliphatic heterocycles. The average molecular weight is 263 g/mol. The summed E-state index contributed by atoms with van der Waals surface area (Å²) < 4.78 is 5.52. The fraction of sp³-hybridized carbons (Fsp3) is 0.600. The third-order valence-corrected chi connectivity index (χ3v) is 3.84. The van der Waals surface area contributed by atoms with E-state index in [9.17, 15) is 0 Å². The summed E-state index contributed by atoms with van der Waals surface area (Å²) in [4.78, 5) is 2.37. The smallest absolute Gasteiger partial charge is 0.123 e. The predicted molar refractivity (Wildman–Crippen MR) is 78.8 cm³/mol. The highest BCUT2D eigenvalue weighted by molar-refractivity contribution is 5.40. The van der Waals surface area contributed by atoms with Gasteiger partial charge >= 0.3 is 0 Å². The first-order valence-corrected chi connectivity index (χ1v) is 6.89. The Morgan fingerprint density at radius 1 is 1.47 bits per heavy atom. The fourth-order valence-corrected chi connectivity index (χ4v) is 2.83. The molecule has 2 rings (SSSR count). The third-order valence-electron chi connectivity index (χ3n) is 3.84. The zero-order valence-corrected chi connectivity index (χ0v) is 12.4. The number of aryl methyl sites for hydroxylation is 1. The molecule has 1 aromatic carbocycles. The monoisotopic (exact) mass is 263 g/mol. The van der Waals surface area contributed by atoms with Crippen LogP contribution in [0.25, 0.3) is 0 Å². The minimum absolute atomic E-state index is 0.262. The highest BCUT2D eigenvalue weighted by Crippen LogP contribution is 2.29. The minimum Gasteiger partial charge on any atom is -0.496 e. The molecular formula is C15H25N3O. The van der Waals surface area contributed by atoms with Crippen LogP contribution in [0.5, 0.6) is 5.75 Å². The van der Waals surface area contributed by atoms with Gasteiger partial charge in [-0.2, -0.15) is 0 Å². The molecule has 19 heavy (non-hydrogen) atoms. The van der Waals surface area contributed by atoms with Gasteiger partial charge in [0.25, 0.3) is 0 Å². The second kappa shape index (κ2) is 6.37. The number of ether oxygens (including phenoxy) is 1. The van der Waals surface area contributed by atoms with Crippen LogP contribution in [-0.4, -0.2) is 51.8 Å². The Bertz CT molecular complexity index is 422. The molecular weight excluding hydrogens is 238 g/mol. The minimum atomic E-state index is 0.262. The van der Waals surface area contributed by atoms with Crippen LogP contribution in [0.2, 0.25) is 0 Å². The van der Waals surface area contributed by atoms with Crippen molar-refractivity contribution in [2.24, 2.45) is 0 Å². The van der Waals surface area contributed by atoms with Gasteiger partial charge in [-0.05, 0) is 27.1 Å². The molecule has 0 spiro atoms. The quantitative estimate of drug-likeness (QED) is 0.855. The van der Waals surface area contributed by atoms with Crippen molar-refractivity contribution >= 4 is 0 Å². The van der Waals surface area contributed by atoms with E-state index in [1.54, 1.807) is 7.11 Å². The molecule has 0 bridgehead atoms. The lowest BCUT2D eigenvalue weighted by atomic mass is 9.95. The summed E-state index contributed by atoms with van der Waals surface area (Å²) in [6.45, 7) is 5.31. The number of benzene rings is 1. The molecule has 1 aromatic rings. The van der Waals surface area contributed by atoms with Crippen molar-refractivity contribution in [3.8, 4) is 5.75 Å². The molecule has 0 aromatic heterocycles. The van der Waals surface area contributed by atoms with Crippen LogP contribution in [-0.2, 0) is 0 Å². The number of nitrogens with zero attached hydrogens (tertiary/aromatic N) is 1. The van der Waals surface area contributed by atoms with Gasteiger partial charge in [-0.3, -0.25) is 0 Å². The zero-order chi connectivity index (χ0) is 13.8. The average Bonchev–Trinajstić information content (AvgIpc) is 2.40. The summed E-state index contributed by atoms with van der Waals surface area (Å²) in [5.41, 5.74) is 2.50. The van der Waals surface area contributed by atoms with E-state index in [4.69, 9.17) is 4.74 Å². The van der Waals surface area contributed by atoms with Crippen molar-refractivity contribution in [1.82, 2.24) is 15.5 Å². The molecule has 0 aliphatic carbocycles. The maximum atomic E-state index is 5.52. The largest absolute Gasteiger partial charge is 0.496 e. The van der Waals surface area contributed by atoms with Gasteiger partial charge in [-0.15, -0.1) is 0 Å². The van der Waals surface area contributed by atoms with Gasteiger partial charge in [-0.25, -0.2) is 0 Å². The number of hydrogen-bond donors (Lipinski definition) is 2. The molecule has 4 heteroatoms. The van der Waals surface area contributed by atoms with Crippen LogP contribution >= 0.6 is 0 Å². The molecule has 1 saturated heterocycles. The Balaban J connectivity index is 2.27. The molecule has 1 fully saturated rings. The van der Waals surface area contributed by atoms with Crippen molar-refractivity contribution in [2.45, 2.75) is 19.0 Å². The number of methoxy groups -OCH3 is 1. The van der Waals surface area contributed by atoms with E-state index in [1.807, 2.05) is 7.05 Å². The molecule has 1 aliphatic rings. The number of likely N-dealkylation sites (N-methyl/N-ethyl adjacent to an activating group) is 2. The van der Waals surface area contributed by atoms with Crippen LogP contribution in [0.4, 0.5) is 0 Å². The molecule has 0 amide bonds. The van der Waals surface area contributed by atoms with Crippen LogP contribution in [0.1, 0.15) is 17.2 Å². The number of piperazine rings is 1. The predicted octanol–water partition coefficient (Wildman–Crippen LogP) is 1.17. The number of hydrogen-bond acceptors (Lipinski definition) is 4. The summed E-state index contributed by atoms with van der Waals surface area (Å²) in [6.07, 6.45) is 0. The second-order valence-electron chi connectivity index (χ2n) is 5.33. The van der Waals surface area contributed by atoms with Crippen molar-refractivity contribution in [1.29, 1.82) is 0 Å². The van der Waals surface area contributed by atoms with Crippen molar-refractivity contribution < 1.29 is 4.74 Å². The maximum absolute atomic E-state index is 5.52. The van der Waals surface area contributed by atoms with Gasteiger partial charge < -0.3 is 20.3 Å². The molecule has 0 saturated carbocycles. The van der Waals surface area contributed by atoms with E-state index in [1.165, 1.54) is 11.1 Å². The van der Waals surface area contributed by atoms with Crippen molar-refractivity contribution in [3.63, 3.8) is 0 Å². The molecule has 1 heterocycles. The summed E-state index contributed by atoms with van der Waals surface area (Å²) in [6, 6.07) is 7.03. The highest BCUT2D eigenvalue weighted by Gasteiger charge is 2.27. The molecule has 2 atom stereocenters. The summed E-state index contributed by atoms with van der Waals surface area (Å²) in [7, 11) is 5.93.